The summed E-state index contributed by atoms with van der Waals surface area (Å²) in [5.41, 5.74) is 1.33. The first-order chi connectivity index (χ1) is 10.3. The zero-order valence-electron chi connectivity index (χ0n) is 13.6. The highest BCUT2D eigenvalue weighted by atomic mass is 16.5. The third-order valence-electron chi connectivity index (χ3n) is 4.11. The lowest BCUT2D eigenvalue weighted by Gasteiger charge is -2.33. The molecule has 3 nitrogen and oxygen atoms in total. The summed E-state index contributed by atoms with van der Waals surface area (Å²) in [6.45, 7) is 10.8. The van der Waals surface area contributed by atoms with Crippen molar-refractivity contribution in [2.75, 3.05) is 32.8 Å². The highest BCUT2D eigenvalue weighted by Gasteiger charge is 2.20. The third kappa shape index (κ3) is 5.33. The summed E-state index contributed by atoms with van der Waals surface area (Å²) < 4.78 is 5.88. The van der Waals surface area contributed by atoms with Crippen molar-refractivity contribution in [2.45, 2.75) is 39.7 Å². The number of ether oxygens (including phenoxy) is 1. The third-order valence-corrected chi connectivity index (χ3v) is 4.11. The Bertz CT molecular complexity index is 408. The number of nitrogens with zero attached hydrogens (tertiary/aromatic N) is 1. The molecule has 0 spiro atoms. The van der Waals surface area contributed by atoms with Gasteiger partial charge in [0.05, 0.1) is 6.61 Å². The van der Waals surface area contributed by atoms with Crippen LogP contribution in [0.25, 0.3) is 0 Å². The first-order valence-electron chi connectivity index (χ1n) is 8.47. The maximum Gasteiger partial charge on any atom is 0.123 e. The molecule has 3 heteroatoms. The maximum atomic E-state index is 5.88. The van der Waals surface area contributed by atoms with Crippen LogP contribution in [-0.2, 0) is 6.54 Å². The molecule has 0 aromatic heterocycles. The average molecular weight is 290 g/mol. The molecule has 1 N–H and O–H groups in total. The Kier molecular flexibility index (Phi) is 7.04. The Labute approximate surface area is 129 Å². The minimum absolute atomic E-state index is 0.794. The summed E-state index contributed by atoms with van der Waals surface area (Å²) in [5.74, 6) is 1.86. The number of hydrogen-bond donors (Lipinski definition) is 1. The van der Waals surface area contributed by atoms with Crippen LogP contribution in [0.5, 0.6) is 5.75 Å². The molecular formula is C18H30N2O. The summed E-state index contributed by atoms with van der Waals surface area (Å²) in [7, 11) is 0. The maximum absolute atomic E-state index is 5.88. The van der Waals surface area contributed by atoms with E-state index in [2.05, 4.69) is 48.3 Å². The summed E-state index contributed by atoms with van der Waals surface area (Å²) in [6, 6.07) is 8.50. The average Bonchev–Trinajstić information content (AvgIpc) is 2.52. The second-order valence-corrected chi connectivity index (χ2v) is 6.01. The van der Waals surface area contributed by atoms with E-state index < -0.39 is 0 Å². The lowest BCUT2D eigenvalue weighted by atomic mass is 9.97. The molecule has 2 rings (SSSR count). The number of piperidine rings is 1. The smallest absolute Gasteiger partial charge is 0.123 e. The van der Waals surface area contributed by atoms with Crippen LogP contribution in [0.15, 0.2) is 24.3 Å². The topological polar surface area (TPSA) is 24.5 Å². The fraction of sp³-hybridized carbons (Fsp3) is 0.667. The zero-order chi connectivity index (χ0) is 14.9. The standard InChI is InChI=1S/C18H30N2O/c1-3-12-21-18-10-6-5-9-17(18)15-20-11-7-8-16(14-20)13-19-4-2/h5-6,9-10,16,19H,3-4,7-8,11-15H2,1-2H3. The molecule has 1 aromatic carbocycles. The van der Waals surface area contributed by atoms with Crippen LogP contribution in [0, 0.1) is 5.92 Å². The van der Waals surface area contributed by atoms with E-state index >= 15 is 0 Å². The van der Waals surface area contributed by atoms with E-state index in [0.29, 0.717) is 0 Å². The first-order valence-corrected chi connectivity index (χ1v) is 8.47. The van der Waals surface area contributed by atoms with Gasteiger partial charge in [-0.1, -0.05) is 32.0 Å². The van der Waals surface area contributed by atoms with Gasteiger partial charge in [0.1, 0.15) is 5.75 Å². The van der Waals surface area contributed by atoms with E-state index in [0.717, 1.165) is 44.3 Å². The van der Waals surface area contributed by atoms with Crippen LogP contribution in [0.2, 0.25) is 0 Å². The largest absolute Gasteiger partial charge is 0.493 e. The van der Waals surface area contributed by atoms with Crippen molar-refractivity contribution < 1.29 is 4.74 Å². The summed E-state index contributed by atoms with van der Waals surface area (Å²) in [5, 5.41) is 3.49. The van der Waals surface area contributed by atoms with Gasteiger partial charge in [-0.15, -0.1) is 0 Å². The van der Waals surface area contributed by atoms with E-state index in [-0.39, 0.29) is 0 Å². The Morgan fingerprint density at radius 2 is 2.14 bits per heavy atom. The second kappa shape index (κ2) is 9.06. The first kappa shape index (κ1) is 16.3. The molecule has 1 aromatic rings. The molecule has 0 bridgehead atoms. The van der Waals surface area contributed by atoms with Crippen molar-refractivity contribution in [3.63, 3.8) is 0 Å². The predicted molar refractivity (Wildman–Crippen MR) is 88.8 cm³/mol. The highest BCUT2D eigenvalue weighted by Crippen LogP contribution is 2.23. The molecule has 1 heterocycles. The van der Waals surface area contributed by atoms with Crippen LogP contribution in [0.3, 0.4) is 0 Å². The van der Waals surface area contributed by atoms with Crippen LogP contribution in [-0.4, -0.2) is 37.7 Å². The normalized spacial score (nSPS) is 19.6. The molecule has 1 fully saturated rings. The van der Waals surface area contributed by atoms with Gasteiger partial charge in [-0.05, 0) is 50.9 Å². The van der Waals surface area contributed by atoms with Crippen molar-refractivity contribution in [3.05, 3.63) is 29.8 Å². The Hall–Kier alpha value is -1.06. The number of likely N-dealkylation sites (tertiary alicyclic amines) is 1. The monoisotopic (exact) mass is 290 g/mol. The zero-order valence-corrected chi connectivity index (χ0v) is 13.6. The predicted octanol–water partition coefficient (Wildman–Crippen LogP) is 3.30. The van der Waals surface area contributed by atoms with Gasteiger partial charge in [-0.2, -0.15) is 0 Å². The Morgan fingerprint density at radius 1 is 1.29 bits per heavy atom. The molecule has 0 radical (unpaired) electrons. The highest BCUT2D eigenvalue weighted by molar-refractivity contribution is 5.33. The van der Waals surface area contributed by atoms with Gasteiger partial charge in [0, 0.05) is 18.7 Å². The lowest BCUT2D eigenvalue weighted by molar-refractivity contribution is 0.163. The van der Waals surface area contributed by atoms with E-state index in [1.54, 1.807) is 0 Å². The molecule has 1 saturated heterocycles. The quantitative estimate of drug-likeness (QED) is 0.795. The number of nitrogens with one attached hydrogen (secondary N) is 1. The number of hydrogen-bond acceptors (Lipinski definition) is 3. The van der Waals surface area contributed by atoms with Crippen LogP contribution >= 0.6 is 0 Å². The van der Waals surface area contributed by atoms with Crippen LogP contribution < -0.4 is 10.1 Å². The molecule has 0 aliphatic carbocycles. The molecular weight excluding hydrogens is 260 g/mol. The van der Waals surface area contributed by atoms with Crippen molar-refractivity contribution in [1.29, 1.82) is 0 Å². The molecule has 21 heavy (non-hydrogen) atoms. The van der Waals surface area contributed by atoms with Gasteiger partial charge in [-0.25, -0.2) is 0 Å². The fourth-order valence-electron chi connectivity index (χ4n) is 3.04. The van der Waals surface area contributed by atoms with E-state index in [1.807, 2.05) is 0 Å². The van der Waals surface area contributed by atoms with Crippen LogP contribution in [0.4, 0.5) is 0 Å². The van der Waals surface area contributed by atoms with Crippen molar-refractivity contribution >= 4 is 0 Å². The summed E-state index contributed by atoms with van der Waals surface area (Å²) in [4.78, 5) is 2.58. The number of benzene rings is 1. The molecule has 1 aliphatic heterocycles. The fourth-order valence-corrected chi connectivity index (χ4v) is 3.04. The van der Waals surface area contributed by atoms with Crippen molar-refractivity contribution in [1.82, 2.24) is 10.2 Å². The van der Waals surface area contributed by atoms with Gasteiger partial charge >= 0.3 is 0 Å². The Balaban J connectivity index is 1.91. The minimum atomic E-state index is 0.794. The van der Waals surface area contributed by atoms with Gasteiger partial charge in [-0.3, -0.25) is 4.90 Å². The Morgan fingerprint density at radius 3 is 2.95 bits per heavy atom. The molecule has 0 amide bonds. The van der Waals surface area contributed by atoms with Gasteiger partial charge in [0.15, 0.2) is 0 Å². The van der Waals surface area contributed by atoms with Crippen molar-refractivity contribution in [2.24, 2.45) is 5.92 Å². The van der Waals surface area contributed by atoms with E-state index in [9.17, 15) is 0 Å². The SMILES string of the molecule is CCCOc1ccccc1CN1CCCC(CNCC)C1. The lowest BCUT2D eigenvalue weighted by Crippen LogP contribution is -2.39. The van der Waals surface area contributed by atoms with Crippen molar-refractivity contribution in [3.8, 4) is 5.75 Å². The van der Waals surface area contributed by atoms with E-state index in [1.165, 1.54) is 31.5 Å². The summed E-state index contributed by atoms with van der Waals surface area (Å²) >= 11 is 0. The van der Waals surface area contributed by atoms with Gasteiger partial charge < -0.3 is 10.1 Å². The molecule has 1 aliphatic rings. The second-order valence-electron chi connectivity index (χ2n) is 6.01. The molecule has 118 valence electrons. The molecule has 0 saturated carbocycles. The number of para-hydroxylation sites is 1. The van der Waals surface area contributed by atoms with Gasteiger partial charge in [0.2, 0.25) is 0 Å². The minimum Gasteiger partial charge on any atom is -0.493 e. The van der Waals surface area contributed by atoms with Gasteiger partial charge in [0.25, 0.3) is 0 Å². The number of rotatable bonds is 8. The van der Waals surface area contributed by atoms with E-state index in [4.69, 9.17) is 4.74 Å². The molecule has 1 atom stereocenters. The summed E-state index contributed by atoms with van der Waals surface area (Å²) in [6.07, 6.45) is 3.73. The van der Waals surface area contributed by atoms with Crippen LogP contribution in [0.1, 0.15) is 38.7 Å². The molecule has 1 unspecified atom stereocenters.